The predicted octanol–water partition coefficient (Wildman–Crippen LogP) is 3.53. The van der Waals surface area contributed by atoms with Gasteiger partial charge in [0.25, 0.3) is 0 Å². The van der Waals surface area contributed by atoms with Crippen molar-refractivity contribution in [1.29, 1.82) is 0 Å². The minimum Gasteiger partial charge on any atom is -0.396 e. The maximum Gasteiger partial charge on any atom is 0.0433 e. The molecule has 0 radical (unpaired) electrons. The molecule has 0 bridgehead atoms. The molecule has 1 N–H and O–H groups in total. The topological polar surface area (TPSA) is 20.2 Å². The first-order valence-corrected chi connectivity index (χ1v) is 6.14. The van der Waals surface area contributed by atoms with Crippen molar-refractivity contribution in [3.8, 4) is 0 Å². The van der Waals surface area contributed by atoms with Gasteiger partial charge in [0, 0.05) is 6.61 Å². The van der Waals surface area contributed by atoms with Crippen molar-refractivity contribution in [3.63, 3.8) is 0 Å². The van der Waals surface area contributed by atoms with Crippen LogP contribution in [0, 0.1) is 11.8 Å². The van der Waals surface area contributed by atoms with Crippen molar-refractivity contribution in [3.05, 3.63) is 12.2 Å². The van der Waals surface area contributed by atoms with Crippen LogP contribution in [-0.2, 0) is 0 Å². The molecule has 0 unspecified atom stereocenters. The average Bonchev–Trinajstić information content (AvgIpc) is 2.91. The van der Waals surface area contributed by atoms with Crippen LogP contribution in [0.1, 0.15) is 51.9 Å². The van der Waals surface area contributed by atoms with E-state index in [9.17, 15) is 0 Å². The molecule has 1 saturated carbocycles. The van der Waals surface area contributed by atoms with Gasteiger partial charge in [-0.15, -0.1) is 0 Å². The molecule has 0 heterocycles. The SMILES string of the molecule is CCCC/C=C\CC[C@H]1C[C@@H]1CCO. The minimum atomic E-state index is 0.382. The second-order valence-corrected chi connectivity index (χ2v) is 4.46. The molecule has 2 atom stereocenters. The molecule has 0 spiro atoms. The monoisotopic (exact) mass is 196 g/mol. The van der Waals surface area contributed by atoms with Gasteiger partial charge >= 0.3 is 0 Å². The highest BCUT2D eigenvalue weighted by Gasteiger charge is 2.34. The zero-order chi connectivity index (χ0) is 10.2. The smallest absolute Gasteiger partial charge is 0.0433 e. The van der Waals surface area contributed by atoms with Crippen LogP contribution in [0.15, 0.2) is 12.2 Å². The van der Waals surface area contributed by atoms with E-state index >= 15 is 0 Å². The first-order valence-electron chi connectivity index (χ1n) is 6.14. The lowest BCUT2D eigenvalue weighted by Gasteiger charge is -1.95. The zero-order valence-corrected chi connectivity index (χ0v) is 9.41. The molecule has 0 aromatic rings. The van der Waals surface area contributed by atoms with E-state index in [4.69, 9.17) is 5.11 Å². The molecular weight excluding hydrogens is 172 g/mol. The van der Waals surface area contributed by atoms with E-state index in [1.807, 2.05) is 0 Å². The Kier molecular flexibility index (Phi) is 5.93. The van der Waals surface area contributed by atoms with E-state index in [1.165, 1.54) is 38.5 Å². The highest BCUT2D eigenvalue weighted by molar-refractivity contribution is 4.89. The molecule has 0 saturated heterocycles. The second kappa shape index (κ2) is 7.05. The van der Waals surface area contributed by atoms with Crippen LogP contribution < -0.4 is 0 Å². The quantitative estimate of drug-likeness (QED) is 0.465. The Morgan fingerprint density at radius 2 is 1.86 bits per heavy atom. The van der Waals surface area contributed by atoms with Gasteiger partial charge in [0.1, 0.15) is 0 Å². The largest absolute Gasteiger partial charge is 0.396 e. The number of aliphatic hydroxyl groups is 1. The van der Waals surface area contributed by atoms with Crippen molar-refractivity contribution in [2.45, 2.75) is 51.9 Å². The van der Waals surface area contributed by atoms with Crippen molar-refractivity contribution in [1.82, 2.24) is 0 Å². The lowest BCUT2D eigenvalue weighted by atomic mass is 10.1. The summed E-state index contributed by atoms with van der Waals surface area (Å²) < 4.78 is 0. The van der Waals surface area contributed by atoms with Crippen LogP contribution in [0.2, 0.25) is 0 Å². The molecule has 14 heavy (non-hydrogen) atoms. The van der Waals surface area contributed by atoms with Crippen LogP contribution in [0.25, 0.3) is 0 Å². The van der Waals surface area contributed by atoms with Crippen LogP contribution >= 0.6 is 0 Å². The maximum absolute atomic E-state index is 8.75. The fraction of sp³-hybridized carbons (Fsp3) is 0.846. The van der Waals surface area contributed by atoms with E-state index in [-0.39, 0.29) is 0 Å². The maximum atomic E-state index is 8.75. The molecule has 82 valence electrons. The van der Waals surface area contributed by atoms with Crippen molar-refractivity contribution in [2.24, 2.45) is 11.8 Å². The first kappa shape index (κ1) is 11.8. The third-order valence-corrected chi connectivity index (χ3v) is 3.16. The van der Waals surface area contributed by atoms with Gasteiger partial charge in [-0.1, -0.05) is 31.9 Å². The highest BCUT2D eigenvalue weighted by atomic mass is 16.3. The van der Waals surface area contributed by atoms with Crippen LogP contribution in [0.3, 0.4) is 0 Å². The summed E-state index contributed by atoms with van der Waals surface area (Å²) in [6.45, 7) is 2.62. The Hall–Kier alpha value is -0.300. The van der Waals surface area contributed by atoms with Gasteiger partial charge in [0.15, 0.2) is 0 Å². The Morgan fingerprint density at radius 3 is 2.57 bits per heavy atom. The van der Waals surface area contributed by atoms with E-state index in [2.05, 4.69) is 19.1 Å². The first-order chi connectivity index (χ1) is 6.88. The van der Waals surface area contributed by atoms with E-state index in [0.29, 0.717) is 6.61 Å². The number of rotatable bonds is 8. The molecule has 1 heteroatoms. The Morgan fingerprint density at radius 1 is 1.14 bits per heavy atom. The summed E-state index contributed by atoms with van der Waals surface area (Å²) in [5, 5.41) is 8.75. The number of hydrogen-bond acceptors (Lipinski definition) is 1. The molecule has 1 nitrogen and oxygen atoms in total. The third-order valence-electron chi connectivity index (χ3n) is 3.16. The van der Waals surface area contributed by atoms with Crippen molar-refractivity contribution in [2.75, 3.05) is 6.61 Å². The van der Waals surface area contributed by atoms with E-state index < -0.39 is 0 Å². The summed E-state index contributed by atoms with van der Waals surface area (Å²) in [4.78, 5) is 0. The summed E-state index contributed by atoms with van der Waals surface area (Å²) in [7, 11) is 0. The third kappa shape index (κ3) is 4.80. The number of unbranched alkanes of at least 4 members (excludes halogenated alkanes) is 2. The predicted molar refractivity (Wildman–Crippen MR) is 61.2 cm³/mol. The molecule has 0 aromatic heterocycles. The van der Waals surface area contributed by atoms with Crippen LogP contribution in [0.4, 0.5) is 0 Å². The molecule has 1 rings (SSSR count). The van der Waals surface area contributed by atoms with E-state index in [1.54, 1.807) is 0 Å². The van der Waals surface area contributed by atoms with Crippen molar-refractivity contribution >= 4 is 0 Å². The van der Waals surface area contributed by atoms with Gasteiger partial charge in [-0.3, -0.25) is 0 Å². The van der Waals surface area contributed by atoms with Gasteiger partial charge in [-0.25, -0.2) is 0 Å². The van der Waals surface area contributed by atoms with Gasteiger partial charge in [-0.2, -0.15) is 0 Å². The molecule has 0 aliphatic heterocycles. The number of allylic oxidation sites excluding steroid dienone is 2. The zero-order valence-electron chi connectivity index (χ0n) is 9.41. The lowest BCUT2D eigenvalue weighted by Crippen LogP contribution is -1.87. The van der Waals surface area contributed by atoms with Gasteiger partial charge in [0.2, 0.25) is 0 Å². The van der Waals surface area contributed by atoms with Crippen LogP contribution in [-0.4, -0.2) is 11.7 Å². The highest BCUT2D eigenvalue weighted by Crippen LogP contribution is 2.44. The minimum absolute atomic E-state index is 0.382. The van der Waals surface area contributed by atoms with Crippen LogP contribution in [0.5, 0.6) is 0 Å². The summed E-state index contributed by atoms with van der Waals surface area (Å²) in [5.41, 5.74) is 0. The Labute approximate surface area is 88.2 Å². The molecule has 1 aliphatic carbocycles. The van der Waals surface area contributed by atoms with Gasteiger partial charge in [0.05, 0.1) is 0 Å². The fourth-order valence-corrected chi connectivity index (χ4v) is 2.05. The number of aliphatic hydroxyl groups excluding tert-OH is 1. The molecule has 0 amide bonds. The lowest BCUT2D eigenvalue weighted by molar-refractivity contribution is 0.276. The Balaban J connectivity index is 1.88. The summed E-state index contributed by atoms with van der Waals surface area (Å²) in [6.07, 6.45) is 13.5. The molecule has 1 fully saturated rings. The summed E-state index contributed by atoms with van der Waals surface area (Å²) >= 11 is 0. The van der Waals surface area contributed by atoms with Crippen molar-refractivity contribution < 1.29 is 5.11 Å². The molecule has 0 aromatic carbocycles. The Bertz CT molecular complexity index is 163. The summed E-state index contributed by atoms with van der Waals surface area (Å²) in [6, 6.07) is 0. The molecular formula is C13H24O. The summed E-state index contributed by atoms with van der Waals surface area (Å²) in [5.74, 6) is 1.78. The van der Waals surface area contributed by atoms with Gasteiger partial charge in [-0.05, 0) is 43.9 Å². The van der Waals surface area contributed by atoms with E-state index in [0.717, 1.165) is 18.3 Å². The fourth-order valence-electron chi connectivity index (χ4n) is 2.05. The normalized spacial score (nSPS) is 25.9. The average molecular weight is 196 g/mol. The molecule has 1 aliphatic rings. The van der Waals surface area contributed by atoms with Gasteiger partial charge < -0.3 is 5.11 Å². The standard InChI is InChI=1S/C13H24O/c1-2-3-4-5-6-7-8-12-11-13(12)9-10-14/h5-6,12-14H,2-4,7-11H2,1H3/b6-5-/t12-,13-/m0/s1. The second-order valence-electron chi connectivity index (χ2n) is 4.46. The number of hydrogen-bond donors (Lipinski definition) is 1.